The minimum atomic E-state index is -3.78. The molecule has 0 fully saturated rings. The van der Waals surface area contributed by atoms with Crippen molar-refractivity contribution in [3.8, 4) is 0 Å². The molecule has 0 radical (unpaired) electrons. The topological polar surface area (TPSA) is 58.2 Å². The molecule has 0 aromatic heterocycles. The van der Waals surface area contributed by atoms with Crippen LogP contribution in [0.3, 0.4) is 0 Å². The van der Waals surface area contributed by atoms with E-state index in [0.29, 0.717) is 5.69 Å². The molecule has 0 unspecified atom stereocenters. The zero-order valence-corrected chi connectivity index (χ0v) is 12.1. The van der Waals surface area contributed by atoms with E-state index in [0.717, 1.165) is 31.1 Å². The van der Waals surface area contributed by atoms with Gasteiger partial charge >= 0.3 is 0 Å². The van der Waals surface area contributed by atoms with Gasteiger partial charge in [-0.1, -0.05) is 12.1 Å². The number of fused-ring (bicyclic) bond motifs is 1. The maximum atomic E-state index is 13.2. The Bertz CT molecular complexity index is 775. The van der Waals surface area contributed by atoms with Gasteiger partial charge in [-0.05, 0) is 48.7 Å². The Labute approximate surface area is 123 Å². The van der Waals surface area contributed by atoms with Crippen molar-refractivity contribution in [2.75, 3.05) is 16.6 Å². The van der Waals surface area contributed by atoms with E-state index >= 15 is 0 Å². The van der Waals surface area contributed by atoms with Crippen molar-refractivity contribution >= 4 is 21.4 Å². The first-order valence-corrected chi connectivity index (χ1v) is 8.18. The summed E-state index contributed by atoms with van der Waals surface area (Å²) in [6, 6.07) is 10.3. The predicted molar refractivity (Wildman–Crippen MR) is 80.5 cm³/mol. The van der Waals surface area contributed by atoms with Crippen LogP contribution in [0.15, 0.2) is 47.4 Å². The highest BCUT2D eigenvalue weighted by Crippen LogP contribution is 2.26. The van der Waals surface area contributed by atoms with Crippen LogP contribution in [0.5, 0.6) is 0 Å². The van der Waals surface area contributed by atoms with E-state index in [4.69, 9.17) is 0 Å². The Morgan fingerprint density at radius 1 is 1.14 bits per heavy atom. The summed E-state index contributed by atoms with van der Waals surface area (Å²) in [6.07, 6.45) is 2.06. The van der Waals surface area contributed by atoms with Gasteiger partial charge < -0.3 is 5.32 Å². The third-order valence-corrected chi connectivity index (χ3v) is 4.79. The number of nitrogens with one attached hydrogen (secondary N) is 2. The summed E-state index contributed by atoms with van der Waals surface area (Å²) in [6.45, 7) is 0.882. The molecule has 1 aliphatic heterocycles. The van der Waals surface area contributed by atoms with Crippen molar-refractivity contribution in [2.24, 2.45) is 0 Å². The van der Waals surface area contributed by atoms with Crippen molar-refractivity contribution in [3.63, 3.8) is 0 Å². The van der Waals surface area contributed by atoms with E-state index in [1.165, 1.54) is 23.8 Å². The summed E-state index contributed by atoms with van der Waals surface area (Å²) in [5.41, 5.74) is 2.59. The summed E-state index contributed by atoms with van der Waals surface area (Å²) < 4.78 is 40.1. The first-order valence-electron chi connectivity index (χ1n) is 6.70. The van der Waals surface area contributed by atoms with Gasteiger partial charge in [-0.3, -0.25) is 4.72 Å². The predicted octanol–water partition coefficient (Wildman–Crippen LogP) is 2.98. The molecule has 0 spiro atoms. The van der Waals surface area contributed by atoms with Gasteiger partial charge in [0.15, 0.2) is 0 Å². The van der Waals surface area contributed by atoms with E-state index in [2.05, 4.69) is 10.0 Å². The molecule has 0 bridgehead atoms. The Kier molecular flexibility index (Phi) is 3.55. The van der Waals surface area contributed by atoms with Crippen molar-refractivity contribution in [3.05, 3.63) is 53.8 Å². The number of aryl methyl sites for hydroxylation is 1. The average Bonchev–Trinajstić information content (AvgIpc) is 2.47. The lowest BCUT2D eigenvalue weighted by atomic mass is 10.0. The third-order valence-electron chi connectivity index (χ3n) is 3.41. The maximum Gasteiger partial charge on any atom is 0.261 e. The van der Waals surface area contributed by atoms with Gasteiger partial charge in [-0.15, -0.1) is 0 Å². The van der Waals surface area contributed by atoms with E-state index in [1.807, 2.05) is 6.07 Å². The Morgan fingerprint density at radius 2 is 2.00 bits per heavy atom. The van der Waals surface area contributed by atoms with Crippen molar-refractivity contribution in [1.82, 2.24) is 0 Å². The van der Waals surface area contributed by atoms with Crippen LogP contribution in [0.2, 0.25) is 0 Å². The molecule has 0 saturated carbocycles. The number of halogens is 1. The zero-order valence-electron chi connectivity index (χ0n) is 11.3. The molecule has 1 heterocycles. The zero-order chi connectivity index (χ0) is 14.9. The quantitative estimate of drug-likeness (QED) is 0.916. The van der Waals surface area contributed by atoms with Crippen LogP contribution in [0, 0.1) is 5.82 Å². The standard InChI is InChI=1S/C15H15FN2O2S/c16-12-4-1-5-14(9-12)21(19,20)18-13-7-6-11-3-2-8-17-15(11)10-13/h1,4-7,9-10,17-18H,2-3,8H2. The normalized spacial score (nSPS) is 14.1. The lowest BCUT2D eigenvalue weighted by molar-refractivity contribution is 0.595. The fraction of sp³-hybridized carbons (Fsp3) is 0.200. The van der Waals surface area contributed by atoms with E-state index < -0.39 is 15.8 Å². The molecule has 0 amide bonds. The molecule has 110 valence electrons. The average molecular weight is 306 g/mol. The van der Waals surface area contributed by atoms with Crippen LogP contribution in [0.1, 0.15) is 12.0 Å². The van der Waals surface area contributed by atoms with Gasteiger partial charge in [-0.2, -0.15) is 0 Å². The molecule has 2 aromatic carbocycles. The highest BCUT2D eigenvalue weighted by molar-refractivity contribution is 7.92. The summed E-state index contributed by atoms with van der Waals surface area (Å²) >= 11 is 0. The smallest absolute Gasteiger partial charge is 0.261 e. The van der Waals surface area contributed by atoms with Crippen LogP contribution in [-0.4, -0.2) is 15.0 Å². The van der Waals surface area contributed by atoms with E-state index in [1.54, 1.807) is 12.1 Å². The van der Waals surface area contributed by atoms with Crippen LogP contribution in [0.4, 0.5) is 15.8 Å². The van der Waals surface area contributed by atoms with Crippen LogP contribution >= 0.6 is 0 Å². The molecule has 21 heavy (non-hydrogen) atoms. The number of rotatable bonds is 3. The molecule has 4 nitrogen and oxygen atoms in total. The van der Waals surface area contributed by atoms with Gasteiger partial charge in [-0.25, -0.2) is 12.8 Å². The number of benzene rings is 2. The van der Waals surface area contributed by atoms with Gasteiger partial charge in [0, 0.05) is 12.2 Å². The molecule has 3 rings (SSSR count). The molecule has 6 heteroatoms. The minimum absolute atomic E-state index is 0.0896. The number of sulfonamides is 1. The first-order chi connectivity index (χ1) is 10.0. The fourth-order valence-corrected chi connectivity index (χ4v) is 3.45. The van der Waals surface area contributed by atoms with Crippen LogP contribution < -0.4 is 10.0 Å². The molecular weight excluding hydrogens is 291 g/mol. The maximum absolute atomic E-state index is 13.2. The second kappa shape index (κ2) is 5.37. The molecule has 2 aromatic rings. The highest BCUT2D eigenvalue weighted by Gasteiger charge is 2.16. The van der Waals surface area contributed by atoms with E-state index in [9.17, 15) is 12.8 Å². The van der Waals surface area contributed by atoms with Gasteiger partial charge in [0.25, 0.3) is 10.0 Å². The number of anilines is 2. The van der Waals surface area contributed by atoms with Crippen LogP contribution in [-0.2, 0) is 16.4 Å². The van der Waals surface area contributed by atoms with Gasteiger partial charge in [0.05, 0.1) is 10.6 Å². The summed E-state index contributed by atoms with van der Waals surface area (Å²) in [7, 11) is -3.78. The van der Waals surface area contributed by atoms with Gasteiger partial charge in [0.1, 0.15) is 5.82 Å². The van der Waals surface area contributed by atoms with Gasteiger partial charge in [0.2, 0.25) is 0 Å². The van der Waals surface area contributed by atoms with Crippen molar-refractivity contribution in [2.45, 2.75) is 17.7 Å². The largest absolute Gasteiger partial charge is 0.385 e. The highest BCUT2D eigenvalue weighted by atomic mass is 32.2. The van der Waals surface area contributed by atoms with E-state index in [-0.39, 0.29) is 4.90 Å². The van der Waals surface area contributed by atoms with Crippen LogP contribution in [0.25, 0.3) is 0 Å². The second-order valence-corrected chi connectivity index (χ2v) is 6.65. The lowest BCUT2D eigenvalue weighted by Gasteiger charge is -2.19. The number of hydrogen-bond donors (Lipinski definition) is 2. The molecular formula is C15H15FN2O2S. The van der Waals surface area contributed by atoms with Crippen molar-refractivity contribution < 1.29 is 12.8 Å². The first kappa shape index (κ1) is 13.9. The fourth-order valence-electron chi connectivity index (χ4n) is 2.37. The summed E-state index contributed by atoms with van der Waals surface area (Å²) in [4.78, 5) is -0.0896. The Balaban J connectivity index is 1.89. The van der Waals surface area contributed by atoms with Crippen molar-refractivity contribution in [1.29, 1.82) is 0 Å². The molecule has 0 atom stereocenters. The molecule has 2 N–H and O–H groups in total. The Morgan fingerprint density at radius 3 is 2.81 bits per heavy atom. The molecule has 1 aliphatic rings. The molecule has 0 aliphatic carbocycles. The monoisotopic (exact) mass is 306 g/mol. The SMILES string of the molecule is O=S(=O)(Nc1ccc2c(c1)NCCC2)c1cccc(F)c1. The Hall–Kier alpha value is -2.08. The lowest BCUT2D eigenvalue weighted by Crippen LogP contribution is -2.15. The third kappa shape index (κ3) is 3.00. The second-order valence-electron chi connectivity index (χ2n) is 4.97. The summed E-state index contributed by atoms with van der Waals surface area (Å²) in [5.74, 6) is -0.579. The minimum Gasteiger partial charge on any atom is -0.385 e. The molecule has 0 saturated heterocycles. The number of hydrogen-bond acceptors (Lipinski definition) is 3. The summed E-state index contributed by atoms with van der Waals surface area (Å²) in [5, 5.41) is 3.24.